The third kappa shape index (κ3) is 1.29. The van der Waals surface area contributed by atoms with Gasteiger partial charge in [0.15, 0.2) is 0 Å². The number of aromatic nitrogens is 2. The second-order valence-corrected chi connectivity index (χ2v) is 2.43. The van der Waals surface area contributed by atoms with Gasteiger partial charge in [0.1, 0.15) is 5.82 Å². The van der Waals surface area contributed by atoms with E-state index in [-0.39, 0.29) is 0 Å². The van der Waals surface area contributed by atoms with Gasteiger partial charge >= 0.3 is 0 Å². The standard InChI is InChI=1S/C7H13N3/c1-3-4-6-5-7(8)10(2)9-6/h5H,3-4,8H2,1-2H3. The van der Waals surface area contributed by atoms with Crippen molar-refractivity contribution in [3.63, 3.8) is 0 Å². The van der Waals surface area contributed by atoms with Gasteiger partial charge in [-0.2, -0.15) is 5.10 Å². The summed E-state index contributed by atoms with van der Waals surface area (Å²) in [6.07, 6.45) is 2.14. The van der Waals surface area contributed by atoms with Crippen LogP contribution >= 0.6 is 0 Å². The Bertz CT molecular complexity index is 195. The lowest BCUT2D eigenvalue weighted by atomic mass is 10.2. The smallest absolute Gasteiger partial charge is 0.121 e. The summed E-state index contributed by atoms with van der Waals surface area (Å²) in [5.41, 5.74) is 6.66. The number of hydrogen-bond donors (Lipinski definition) is 1. The number of nitrogen functional groups attached to an aromatic ring is 1. The SMILES string of the molecule is CCCc1cc(N)n(C)n1. The Morgan fingerprint density at radius 1 is 1.70 bits per heavy atom. The fourth-order valence-corrected chi connectivity index (χ4v) is 0.922. The molecule has 1 rings (SSSR count). The van der Waals surface area contributed by atoms with Crippen molar-refractivity contribution in [2.75, 3.05) is 5.73 Å². The van der Waals surface area contributed by atoms with Crippen molar-refractivity contribution in [2.24, 2.45) is 7.05 Å². The number of anilines is 1. The van der Waals surface area contributed by atoms with E-state index in [1.165, 1.54) is 0 Å². The molecule has 0 unspecified atom stereocenters. The molecule has 0 saturated heterocycles. The van der Waals surface area contributed by atoms with E-state index in [2.05, 4.69) is 12.0 Å². The molecule has 0 aromatic carbocycles. The van der Waals surface area contributed by atoms with Gasteiger partial charge in [-0.25, -0.2) is 0 Å². The van der Waals surface area contributed by atoms with Gasteiger partial charge in [-0.05, 0) is 6.42 Å². The van der Waals surface area contributed by atoms with E-state index >= 15 is 0 Å². The fourth-order valence-electron chi connectivity index (χ4n) is 0.922. The van der Waals surface area contributed by atoms with E-state index in [0.717, 1.165) is 24.4 Å². The molecule has 56 valence electrons. The summed E-state index contributed by atoms with van der Waals surface area (Å²) < 4.78 is 1.70. The number of nitrogens with two attached hydrogens (primary N) is 1. The molecule has 1 heterocycles. The first-order valence-corrected chi connectivity index (χ1v) is 3.52. The minimum absolute atomic E-state index is 0.739. The molecule has 1 aromatic heterocycles. The normalized spacial score (nSPS) is 10.2. The molecule has 0 atom stereocenters. The summed E-state index contributed by atoms with van der Waals surface area (Å²) in [5, 5.41) is 4.19. The summed E-state index contributed by atoms with van der Waals surface area (Å²) >= 11 is 0. The molecule has 0 radical (unpaired) electrons. The van der Waals surface area contributed by atoms with Crippen molar-refractivity contribution in [1.29, 1.82) is 0 Å². The molecule has 0 bridgehead atoms. The van der Waals surface area contributed by atoms with Crippen LogP contribution < -0.4 is 5.73 Å². The second kappa shape index (κ2) is 2.73. The predicted molar refractivity (Wildman–Crippen MR) is 41.6 cm³/mol. The summed E-state index contributed by atoms with van der Waals surface area (Å²) in [6, 6.07) is 1.92. The van der Waals surface area contributed by atoms with Gasteiger partial charge in [-0.1, -0.05) is 13.3 Å². The molecule has 10 heavy (non-hydrogen) atoms. The van der Waals surface area contributed by atoms with Crippen molar-refractivity contribution in [3.05, 3.63) is 11.8 Å². The van der Waals surface area contributed by atoms with Crippen molar-refractivity contribution >= 4 is 5.82 Å². The molecule has 0 aliphatic heterocycles. The van der Waals surface area contributed by atoms with Crippen LogP contribution in [-0.4, -0.2) is 9.78 Å². The van der Waals surface area contributed by atoms with Gasteiger partial charge in [0, 0.05) is 13.1 Å². The Morgan fingerprint density at radius 3 is 2.80 bits per heavy atom. The van der Waals surface area contributed by atoms with Gasteiger partial charge in [0.25, 0.3) is 0 Å². The first-order chi connectivity index (χ1) is 4.74. The highest BCUT2D eigenvalue weighted by atomic mass is 15.3. The van der Waals surface area contributed by atoms with Crippen LogP contribution in [0, 0.1) is 0 Å². The third-order valence-electron chi connectivity index (χ3n) is 1.47. The summed E-state index contributed by atoms with van der Waals surface area (Å²) in [7, 11) is 1.86. The van der Waals surface area contributed by atoms with E-state index < -0.39 is 0 Å². The number of nitrogens with zero attached hydrogens (tertiary/aromatic N) is 2. The summed E-state index contributed by atoms with van der Waals surface area (Å²) in [4.78, 5) is 0. The van der Waals surface area contributed by atoms with Crippen LogP contribution in [-0.2, 0) is 13.5 Å². The molecule has 3 heteroatoms. The quantitative estimate of drug-likeness (QED) is 0.663. The second-order valence-electron chi connectivity index (χ2n) is 2.43. The Morgan fingerprint density at radius 2 is 2.40 bits per heavy atom. The van der Waals surface area contributed by atoms with Gasteiger partial charge in [0.2, 0.25) is 0 Å². The zero-order valence-corrected chi connectivity index (χ0v) is 6.46. The third-order valence-corrected chi connectivity index (χ3v) is 1.47. The minimum atomic E-state index is 0.739. The van der Waals surface area contributed by atoms with Crippen LogP contribution in [0.2, 0.25) is 0 Å². The number of rotatable bonds is 2. The van der Waals surface area contributed by atoms with Gasteiger partial charge < -0.3 is 5.73 Å². The van der Waals surface area contributed by atoms with E-state index in [1.807, 2.05) is 13.1 Å². The Labute approximate surface area is 60.8 Å². The highest BCUT2D eigenvalue weighted by Crippen LogP contribution is 2.05. The molecule has 0 spiro atoms. The van der Waals surface area contributed by atoms with Crippen molar-refractivity contribution in [2.45, 2.75) is 19.8 Å². The van der Waals surface area contributed by atoms with Crippen LogP contribution in [0.4, 0.5) is 5.82 Å². The molecule has 0 saturated carbocycles. The molecule has 3 nitrogen and oxygen atoms in total. The average Bonchev–Trinajstić information content (AvgIpc) is 2.14. The van der Waals surface area contributed by atoms with Crippen molar-refractivity contribution in [1.82, 2.24) is 9.78 Å². The maximum absolute atomic E-state index is 5.57. The highest BCUT2D eigenvalue weighted by molar-refractivity contribution is 5.30. The Kier molecular flexibility index (Phi) is 1.94. The first kappa shape index (κ1) is 7.12. The van der Waals surface area contributed by atoms with Gasteiger partial charge in [-0.15, -0.1) is 0 Å². The minimum Gasteiger partial charge on any atom is -0.384 e. The van der Waals surface area contributed by atoms with E-state index in [4.69, 9.17) is 5.73 Å². The molecule has 1 aromatic rings. The lowest BCUT2D eigenvalue weighted by Gasteiger charge is -1.89. The van der Waals surface area contributed by atoms with Crippen LogP contribution in [0.3, 0.4) is 0 Å². The zero-order valence-electron chi connectivity index (χ0n) is 6.46. The van der Waals surface area contributed by atoms with E-state index in [9.17, 15) is 0 Å². The van der Waals surface area contributed by atoms with Gasteiger partial charge in [-0.3, -0.25) is 4.68 Å². The molecule has 0 amide bonds. The lowest BCUT2D eigenvalue weighted by Crippen LogP contribution is -1.96. The molecular formula is C7H13N3. The first-order valence-electron chi connectivity index (χ1n) is 3.52. The van der Waals surface area contributed by atoms with Gasteiger partial charge in [0.05, 0.1) is 5.69 Å². The van der Waals surface area contributed by atoms with E-state index in [0.29, 0.717) is 0 Å². The maximum Gasteiger partial charge on any atom is 0.121 e. The monoisotopic (exact) mass is 139 g/mol. The average molecular weight is 139 g/mol. The van der Waals surface area contributed by atoms with Crippen LogP contribution in [0.25, 0.3) is 0 Å². The number of hydrogen-bond acceptors (Lipinski definition) is 2. The molecular weight excluding hydrogens is 126 g/mol. The zero-order chi connectivity index (χ0) is 7.56. The van der Waals surface area contributed by atoms with Crippen molar-refractivity contribution in [3.8, 4) is 0 Å². The highest BCUT2D eigenvalue weighted by Gasteiger charge is 1.98. The molecule has 0 aliphatic carbocycles. The molecule has 0 aliphatic rings. The largest absolute Gasteiger partial charge is 0.384 e. The van der Waals surface area contributed by atoms with Crippen LogP contribution in [0.5, 0.6) is 0 Å². The Hall–Kier alpha value is -0.990. The molecule has 2 N–H and O–H groups in total. The topological polar surface area (TPSA) is 43.8 Å². The Balaban J connectivity index is 2.77. The summed E-state index contributed by atoms with van der Waals surface area (Å²) in [5.74, 6) is 0.739. The van der Waals surface area contributed by atoms with Crippen molar-refractivity contribution < 1.29 is 0 Å². The maximum atomic E-state index is 5.57. The van der Waals surface area contributed by atoms with Crippen LogP contribution in [0.15, 0.2) is 6.07 Å². The predicted octanol–water partition coefficient (Wildman–Crippen LogP) is 0.955. The lowest BCUT2D eigenvalue weighted by molar-refractivity contribution is 0.741. The van der Waals surface area contributed by atoms with E-state index in [1.54, 1.807) is 4.68 Å². The molecule has 0 fully saturated rings. The summed E-state index contributed by atoms with van der Waals surface area (Å²) in [6.45, 7) is 2.13. The number of aryl methyl sites for hydroxylation is 2. The van der Waals surface area contributed by atoms with Crippen LogP contribution in [0.1, 0.15) is 19.0 Å². The fraction of sp³-hybridized carbons (Fsp3) is 0.571.